The van der Waals surface area contributed by atoms with Crippen LogP contribution in [0.25, 0.3) is 0 Å². The first-order valence-corrected chi connectivity index (χ1v) is 12.1. The Morgan fingerprint density at radius 2 is 1.81 bits per heavy atom. The molecule has 4 aliphatic rings. The van der Waals surface area contributed by atoms with E-state index in [2.05, 4.69) is 14.8 Å². The maximum Gasteiger partial charge on any atom is 0.586 e. The number of methoxy groups -OCH3 is 1. The van der Waals surface area contributed by atoms with Gasteiger partial charge in [-0.3, -0.25) is 9.59 Å². The molecule has 2 aromatic rings. The summed E-state index contributed by atoms with van der Waals surface area (Å²) in [5.41, 5.74) is 0.430. The zero-order valence-electron chi connectivity index (χ0n) is 20.3. The smallest absolute Gasteiger partial charge is 0.497 e. The van der Waals surface area contributed by atoms with Gasteiger partial charge in [0.05, 0.1) is 37.8 Å². The first kappa shape index (κ1) is 23.8. The topological polar surface area (TPSA) is 95.6 Å². The molecular weight excluding hydrogens is 490 g/mol. The zero-order valence-corrected chi connectivity index (χ0v) is 20.3. The van der Waals surface area contributed by atoms with Gasteiger partial charge in [0.2, 0.25) is 5.91 Å². The molecule has 3 heterocycles. The summed E-state index contributed by atoms with van der Waals surface area (Å²) in [4.78, 5) is 28.5. The fourth-order valence-corrected chi connectivity index (χ4v) is 5.03. The predicted octanol–water partition coefficient (Wildman–Crippen LogP) is 2.91. The number of halogens is 2. The second-order valence-corrected chi connectivity index (χ2v) is 9.82. The summed E-state index contributed by atoms with van der Waals surface area (Å²) < 4.78 is 52.7. The molecular formula is C26H26F2N2O7. The Morgan fingerprint density at radius 1 is 1.05 bits per heavy atom. The molecule has 1 N–H and O–H groups in total. The first-order valence-electron chi connectivity index (χ1n) is 12.1. The number of rotatable bonds is 6. The molecule has 0 bridgehead atoms. The lowest BCUT2D eigenvalue weighted by Gasteiger charge is -2.39. The molecule has 9 nitrogen and oxygen atoms in total. The summed E-state index contributed by atoms with van der Waals surface area (Å²) in [5.74, 6) is 0.409. The van der Waals surface area contributed by atoms with Gasteiger partial charge < -0.3 is 33.9 Å². The molecule has 1 aliphatic carbocycles. The van der Waals surface area contributed by atoms with E-state index in [4.69, 9.17) is 14.2 Å². The van der Waals surface area contributed by atoms with Gasteiger partial charge in [0.1, 0.15) is 11.5 Å². The number of fused-ring (bicyclic) bond motifs is 2. The Labute approximate surface area is 211 Å². The molecule has 196 valence electrons. The van der Waals surface area contributed by atoms with Crippen molar-refractivity contribution in [2.75, 3.05) is 27.4 Å². The lowest BCUT2D eigenvalue weighted by molar-refractivity contribution is -0.286. The quantitative estimate of drug-likeness (QED) is 0.631. The Morgan fingerprint density at radius 3 is 2.49 bits per heavy atom. The number of alkyl halides is 2. The van der Waals surface area contributed by atoms with Gasteiger partial charge in [0.25, 0.3) is 5.91 Å². The third-order valence-corrected chi connectivity index (χ3v) is 7.55. The summed E-state index contributed by atoms with van der Waals surface area (Å²) in [6.45, 7) is 0.951. The highest BCUT2D eigenvalue weighted by Gasteiger charge is 2.53. The van der Waals surface area contributed by atoms with Gasteiger partial charge in [0, 0.05) is 25.1 Å². The highest BCUT2D eigenvalue weighted by molar-refractivity contribution is 5.92. The molecule has 1 saturated heterocycles. The third-order valence-electron chi connectivity index (χ3n) is 7.55. The molecule has 11 heteroatoms. The summed E-state index contributed by atoms with van der Waals surface area (Å²) >= 11 is 0. The standard InChI is InChI=1S/C26H26F2N2O7/c1-30(15-12-34-13-15)23(31)22-11-18(17-5-4-16(33-2)10-20(17)35-22)29-24(32)25(7-8-25)14-3-6-19-21(9-14)37-26(27,28)36-19/h3-6,9-10,15,18,22H,7-8,11-13H2,1-2H3,(H,29,32). The van der Waals surface area contributed by atoms with Crippen molar-refractivity contribution in [1.82, 2.24) is 10.2 Å². The van der Waals surface area contributed by atoms with E-state index in [0.717, 1.165) is 5.56 Å². The largest absolute Gasteiger partial charge is 0.586 e. The lowest BCUT2D eigenvalue weighted by atomic mass is 9.91. The summed E-state index contributed by atoms with van der Waals surface area (Å²) in [5, 5.41) is 3.10. The number of hydrogen-bond donors (Lipinski definition) is 1. The van der Waals surface area contributed by atoms with Gasteiger partial charge in [-0.2, -0.15) is 0 Å². The van der Waals surface area contributed by atoms with Crippen LogP contribution in [0.15, 0.2) is 36.4 Å². The van der Waals surface area contributed by atoms with Crippen LogP contribution >= 0.6 is 0 Å². The van der Waals surface area contributed by atoms with E-state index in [9.17, 15) is 18.4 Å². The number of nitrogens with zero attached hydrogens (tertiary/aromatic N) is 1. The Hall–Kier alpha value is -3.60. The van der Waals surface area contributed by atoms with E-state index in [-0.39, 0.29) is 35.8 Å². The van der Waals surface area contributed by atoms with E-state index >= 15 is 0 Å². The van der Waals surface area contributed by atoms with Crippen LogP contribution in [0, 0.1) is 0 Å². The minimum atomic E-state index is -3.73. The van der Waals surface area contributed by atoms with Crippen LogP contribution in [0.2, 0.25) is 0 Å². The van der Waals surface area contributed by atoms with Crippen LogP contribution in [0.3, 0.4) is 0 Å². The van der Waals surface area contributed by atoms with Crippen molar-refractivity contribution >= 4 is 11.8 Å². The molecule has 2 amide bonds. The molecule has 6 rings (SSSR count). The minimum absolute atomic E-state index is 0.0102. The normalized spacial score (nSPS) is 24.2. The highest BCUT2D eigenvalue weighted by Crippen LogP contribution is 2.52. The van der Waals surface area contributed by atoms with Crippen LogP contribution in [0.1, 0.15) is 36.4 Å². The Kier molecular flexibility index (Phi) is 5.45. The number of ether oxygens (including phenoxy) is 5. The number of amides is 2. The number of carbonyl (C=O) groups excluding carboxylic acids is 2. The fraction of sp³-hybridized carbons (Fsp3) is 0.462. The summed E-state index contributed by atoms with van der Waals surface area (Å²) in [6.07, 6.45) is -3.18. The third kappa shape index (κ3) is 4.11. The first-order chi connectivity index (χ1) is 17.7. The van der Waals surface area contributed by atoms with Gasteiger partial charge in [-0.15, -0.1) is 8.78 Å². The van der Waals surface area contributed by atoms with Crippen molar-refractivity contribution in [2.45, 2.75) is 49.2 Å². The van der Waals surface area contributed by atoms with Crippen LogP contribution in [0.4, 0.5) is 8.78 Å². The molecule has 2 atom stereocenters. The van der Waals surface area contributed by atoms with E-state index in [0.29, 0.717) is 43.1 Å². The van der Waals surface area contributed by atoms with Crippen molar-refractivity contribution < 1.29 is 42.1 Å². The molecule has 1 saturated carbocycles. The number of benzene rings is 2. The monoisotopic (exact) mass is 516 g/mol. The van der Waals surface area contributed by atoms with Crippen LogP contribution < -0.4 is 24.3 Å². The van der Waals surface area contributed by atoms with Gasteiger partial charge in [-0.25, -0.2) is 0 Å². The molecule has 2 unspecified atom stereocenters. The second kappa shape index (κ2) is 8.47. The van der Waals surface area contributed by atoms with E-state index in [1.807, 2.05) is 6.07 Å². The maximum absolute atomic E-state index is 13.6. The van der Waals surface area contributed by atoms with Crippen molar-refractivity contribution in [3.05, 3.63) is 47.5 Å². The Balaban J connectivity index is 1.25. The van der Waals surface area contributed by atoms with Crippen molar-refractivity contribution in [1.29, 1.82) is 0 Å². The average Bonchev–Trinajstić information content (AvgIpc) is 3.59. The minimum Gasteiger partial charge on any atom is -0.497 e. The lowest BCUT2D eigenvalue weighted by Crippen LogP contribution is -2.54. The van der Waals surface area contributed by atoms with Crippen molar-refractivity contribution in [3.8, 4) is 23.0 Å². The fourth-order valence-electron chi connectivity index (χ4n) is 5.03. The molecule has 37 heavy (non-hydrogen) atoms. The number of nitrogens with one attached hydrogen (secondary N) is 1. The second-order valence-electron chi connectivity index (χ2n) is 9.82. The number of carbonyl (C=O) groups is 2. The van der Waals surface area contributed by atoms with Crippen LogP contribution in [0.5, 0.6) is 23.0 Å². The van der Waals surface area contributed by atoms with Crippen LogP contribution in [-0.2, 0) is 19.7 Å². The SMILES string of the molecule is COc1ccc2c(c1)OC(C(=O)N(C)C1COC1)CC2NC(=O)C1(c2ccc3c(c2)OC(F)(F)O3)CC1. The van der Waals surface area contributed by atoms with Crippen LogP contribution in [-0.4, -0.2) is 62.5 Å². The van der Waals surface area contributed by atoms with E-state index < -0.39 is 23.9 Å². The Bertz CT molecular complexity index is 1260. The molecule has 0 spiro atoms. The highest BCUT2D eigenvalue weighted by atomic mass is 19.3. The molecule has 0 aromatic heterocycles. The number of hydrogen-bond acceptors (Lipinski definition) is 7. The number of likely N-dealkylation sites (N-methyl/N-ethyl adjacent to an activating group) is 1. The van der Waals surface area contributed by atoms with E-state index in [1.165, 1.54) is 19.2 Å². The zero-order chi connectivity index (χ0) is 25.9. The predicted molar refractivity (Wildman–Crippen MR) is 124 cm³/mol. The maximum atomic E-state index is 13.6. The molecule has 2 aromatic carbocycles. The van der Waals surface area contributed by atoms with Gasteiger partial charge in [-0.05, 0) is 42.7 Å². The van der Waals surface area contributed by atoms with Gasteiger partial charge in [-0.1, -0.05) is 6.07 Å². The molecule has 3 aliphatic heterocycles. The average molecular weight is 516 g/mol. The molecule has 0 radical (unpaired) electrons. The van der Waals surface area contributed by atoms with Gasteiger partial charge >= 0.3 is 6.29 Å². The summed E-state index contributed by atoms with van der Waals surface area (Å²) in [6, 6.07) is 9.21. The van der Waals surface area contributed by atoms with Crippen molar-refractivity contribution in [2.24, 2.45) is 0 Å². The van der Waals surface area contributed by atoms with E-state index in [1.54, 1.807) is 30.1 Å². The summed E-state index contributed by atoms with van der Waals surface area (Å²) in [7, 11) is 3.25. The van der Waals surface area contributed by atoms with Crippen molar-refractivity contribution in [3.63, 3.8) is 0 Å². The van der Waals surface area contributed by atoms with Gasteiger partial charge in [0.15, 0.2) is 17.6 Å². The molecule has 2 fully saturated rings.